The Kier molecular flexibility index (Phi) is 23.0. The second kappa shape index (κ2) is 30.7. The Morgan fingerprint density at radius 1 is 0.429 bits per heavy atom. The van der Waals surface area contributed by atoms with Crippen LogP contribution in [0.5, 0.6) is 46.0 Å². The van der Waals surface area contributed by atoms with Crippen molar-refractivity contribution in [3.63, 3.8) is 0 Å². The molecule has 6 aromatic carbocycles. The number of ether oxygens (including phenoxy) is 12. The minimum Gasteiger partial charge on any atom is -0.493 e. The van der Waals surface area contributed by atoms with Crippen molar-refractivity contribution in [1.82, 2.24) is 9.80 Å². The number of hydrogen-bond acceptors (Lipinski definition) is 18. The molecular formula is C67H72F6N2O16. The van der Waals surface area contributed by atoms with Gasteiger partial charge in [0.1, 0.15) is 0 Å². The number of esters is 4. The number of alkyl halides is 6. The molecule has 6 aromatic rings. The van der Waals surface area contributed by atoms with Crippen LogP contribution in [0.4, 0.5) is 26.3 Å². The predicted octanol–water partition coefficient (Wildman–Crippen LogP) is 11.5. The number of unbranched alkanes of at least 4 members (excludes halogenated alkanes) is 2. The van der Waals surface area contributed by atoms with E-state index in [-0.39, 0.29) is 50.3 Å². The molecule has 0 spiro atoms. The van der Waals surface area contributed by atoms with E-state index in [2.05, 4.69) is 0 Å². The number of benzene rings is 6. The smallest absolute Gasteiger partial charge is 0.416 e. The van der Waals surface area contributed by atoms with Crippen molar-refractivity contribution >= 4 is 23.9 Å². The lowest BCUT2D eigenvalue weighted by Crippen LogP contribution is -2.45. The van der Waals surface area contributed by atoms with E-state index < -0.39 is 71.6 Å². The lowest BCUT2D eigenvalue weighted by atomic mass is 9.87. The quantitative estimate of drug-likeness (QED) is 0.0195. The van der Waals surface area contributed by atoms with Crippen LogP contribution in [-0.2, 0) is 66.6 Å². The van der Waals surface area contributed by atoms with Gasteiger partial charge in [0.05, 0.1) is 92.3 Å². The molecule has 2 aliphatic heterocycles. The van der Waals surface area contributed by atoms with Gasteiger partial charge in [0.2, 0.25) is 12.2 Å². The molecule has 8 rings (SSSR count). The molecule has 2 heterocycles. The van der Waals surface area contributed by atoms with Gasteiger partial charge < -0.3 is 56.8 Å². The highest BCUT2D eigenvalue weighted by Gasteiger charge is 2.39. The topological polar surface area (TPSA) is 186 Å². The molecule has 0 N–H and O–H groups in total. The molecule has 488 valence electrons. The van der Waals surface area contributed by atoms with Crippen molar-refractivity contribution in [1.29, 1.82) is 0 Å². The number of carbonyl (C=O) groups excluding carboxylic acids is 4. The molecule has 0 aromatic heterocycles. The first kappa shape index (κ1) is 68.0. The molecule has 18 nitrogen and oxygen atoms in total. The van der Waals surface area contributed by atoms with Crippen LogP contribution in [0.1, 0.15) is 96.6 Å². The van der Waals surface area contributed by atoms with Gasteiger partial charge in [0.15, 0.2) is 46.0 Å². The molecule has 0 fully saturated rings. The largest absolute Gasteiger partial charge is 0.493 e. The van der Waals surface area contributed by atoms with E-state index in [1.165, 1.54) is 56.9 Å². The molecule has 0 aliphatic carbocycles. The summed E-state index contributed by atoms with van der Waals surface area (Å²) in [4.78, 5) is 60.0. The van der Waals surface area contributed by atoms with E-state index in [1.807, 2.05) is 58.3 Å². The second-order valence-electron chi connectivity index (χ2n) is 21.5. The van der Waals surface area contributed by atoms with Crippen molar-refractivity contribution in [2.75, 3.05) is 96.3 Å². The molecule has 4 atom stereocenters. The maximum Gasteiger partial charge on any atom is 0.416 e. The monoisotopic (exact) mass is 1270 g/mol. The summed E-state index contributed by atoms with van der Waals surface area (Å²) >= 11 is 0. The van der Waals surface area contributed by atoms with Gasteiger partial charge in [-0.15, -0.1) is 0 Å². The highest BCUT2D eigenvalue weighted by Crippen LogP contribution is 2.43. The van der Waals surface area contributed by atoms with Crippen LogP contribution < -0.4 is 37.9 Å². The fourth-order valence-corrected chi connectivity index (χ4v) is 11.2. The average Bonchev–Trinajstić information content (AvgIpc) is 0.872. The van der Waals surface area contributed by atoms with Crippen molar-refractivity contribution in [3.05, 3.63) is 165 Å². The van der Waals surface area contributed by atoms with Gasteiger partial charge in [-0.2, -0.15) is 26.3 Å². The van der Waals surface area contributed by atoms with Gasteiger partial charge in [0.25, 0.3) is 0 Å². The first-order valence-electron chi connectivity index (χ1n) is 29.1. The highest BCUT2D eigenvalue weighted by atomic mass is 19.4. The predicted molar refractivity (Wildman–Crippen MR) is 319 cm³/mol. The van der Waals surface area contributed by atoms with Crippen molar-refractivity contribution in [2.24, 2.45) is 0 Å². The summed E-state index contributed by atoms with van der Waals surface area (Å²) in [5, 5.41) is 0. The Bertz CT molecular complexity index is 3260. The Morgan fingerprint density at radius 2 is 0.758 bits per heavy atom. The fourth-order valence-electron chi connectivity index (χ4n) is 11.2. The first-order valence-corrected chi connectivity index (χ1v) is 29.1. The molecule has 91 heavy (non-hydrogen) atoms. The van der Waals surface area contributed by atoms with Gasteiger partial charge in [-0.05, 0) is 175 Å². The van der Waals surface area contributed by atoms with E-state index in [9.17, 15) is 45.5 Å². The van der Waals surface area contributed by atoms with E-state index >= 15 is 0 Å². The summed E-state index contributed by atoms with van der Waals surface area (Å²) in [5.41, 5.74) is 2.73. The normalized spacial score (nSPS) is 15.6. The average molecular weight is 1280 g/mol. The van der Waals surface area contributed by atoms with Crippen LogP contribution in [0.15, 0.2) is 109 Å². The summed E-state index contributed by atoms with van der Waals surface area (Å²) < 4.78 is 149. The van der Waals surface area contributed by atoms with Crippen LogP contribution in [-0.4, -0.2) is 142 Å². The minimum absolute atomic E-state index is 0.197. The van der Waals surface area contributed by atoms with Crippen LogP contribution in [0.3, 0.4) is 0 Å². The van der Waals surface area contributed by atoms with Crippen LogP contribution in [0.25, 0.3) is 0 Å². The van der Waals surface area contributed by atoms with Crippen LogP contribution in [0.2, 0.25) is 0 Å². The number of methoxy groups -OCH3 is 8. The summed E-state index contributed by atoms with van der Waals surface area (Å²) in [6, 6.07) is 24.2. The standard InChI is InChI=1S/C67H72F6N2O16/c1-80-52-22-12-40(32-54(52)82-3)30-50-48-36-58(86-7)56(84-5)34-44(48)24-26-74(50)38-60(90-62(76)42-14-18-46(19-15-42)66(68,69)70)64(78)88-28-10-9-11-29-89-65(79)61(91-63(77)43-16-20-47(21-17-43)67(71,72)73)39-75-27-25-45-35-57(85-6)59(87-8)37-49(45)51(75)31-41-13-23-53(81-2)55(33-41)83-4/h12-23,32-37,50-51,60-61H,9-11,24-31,38-39H2,1-8H3. The third-order valence-corrected chi connectivity index (χ3v) is 16.0. The maximum atomic E-state index is 14.3. The van der Waals surface area contributed by atoms with Gasteiger partial charge in [-0.1, -0.05) is 12.1 Å². The first-order chi connectivity index (χ1) is 43.6. The summed E-state index contributed by atoms with van der Waals surface area (Å²) in [7, 11) is 12.1. The van der Waals surface area contributed by atoms with E-state index in [4.69, 9.17) is 56.8 Å². The zero-order valence-corrected chi connectivity index (χ0v) is 51.6. The molecule has 0 radical (unpaired) electrons. The molecule has 0 saturated carbocycles. The number of rotatable bonds is 28. The maximum absolute atomic E-state index is 14.3. The van der Waals surface area contributed by atoms with Crippen molar-refractivity contribution < 1.29 is 102 Å². The van der Waals surface area contributed by atoms with Crippen LogP contribution >= 0.6 is 0 Å². The molecule has 0 bridgehead atoms. The minimum atomic E-state index is -4.68. The molecular weight excluding hydrogens is 1200 g/mol. The third kappa shape index (κ3) is 16.9. The lowest BCUT2D eigenvalue weighted by molar-refractivity contribution is -0.155. The van der Waals surface area contributed by atoms with Crippen LogP contribution in [0, 0.1) is 0 Å². The number of hydrogen-bond donors (Lipinski definition) is 0. The number of carbonyl (C=O) groups is 4. The molecule has 0 saturated heterocycles. The zero-order chi connectivity index (χ0) is 65.6. The molecule has 4 unspecified atom stereocenters. The number of fused-ring (bicyclic) bond motifs is 2. The van der Waals surface area contributed by atoms with E-state index in [0.717, 1.165) is 81.9 Å². The van der Waals surface area contributed by atoms with Gasteiger partial charge >= 0.3 is 36.2 Å². The van der Waals surface area contributed by atoms with Gasteiger partial charge in [0, 0.05) is 38.3 Å². The molecule has 24 heteroatoms. The SMILES string of the molecule is COc1ccc(CC2c3cc(OC)c(OC)cc3CCN2CC(OC(=O)c2ccc(C(F)(F)F)cc2)C(=O)OCCCCCOC(=O)C(CN2CCc3cc(OC)c(OC)cc3C2Cc2ccc(OC)c(OC)c2)OC(=O)c2ccc(C(F)(F)F)cc2)cc1OC. The third-order valence-electron chi connectivity index (χ3n) is 16.0. The fraction of sp³-hybridized carbons (Fsp3) is 0.403. The Morgan fingerprint density at radius 3 is 1.09 bits per heavy atom. The number of nitrogens with zero attached hydrogens (tertiary/aromatic N) is 2. The second-order valence-corrected chi connectivity index (χ2v) is 21.5. The highest BCUT2D eigenvalue weighted by molar-refractivity contribution is 5.92. The van der Waals surface area contributed by atoms with Crippen molar-refractivity contribution in [2.45, 2.75) is 81.6 Å². The number of halogens is 6. The Hall–Kier alpha value is -8.90. The summed E-state index contributed by atoms with van der Waals surface area (Å²) in [6.45, 7) is -0.0993. The summed E-state index contributed by atoms with van der Waals surface area (Å²) in [5.74, 6) is -0.132. The summed E-state index contributed by atoms with van der Waals surface area (Å²) in [6.07, 6.45) is -10.2. The van der Waals surface area contributed by atoms with Gasteiger partial charge in [-0.3, -0.25) is 9.80 Å². The Labute approximate surface area is 523 Å². The van der Waals surface area contributed by atoms with Gasteiger partial charge in [-0.25, -0.2) is 19.2 Å². The lowest BCUT2D eigenvalue weighted by Gasteiger charge is -2.39. The Balaban J connectivity index is 0.982. The molecule has 2 aliphatic rings. The zero-order valence-electron chi connectivity index (χ0n) is 51.6. The molecule has 0 amide bonds. The van der Waals surface area contributed by atoms with Crippen molar-refractivity contribution in [3.8, 4) is 46.0 Å². The van der Waals surface area contributed by atoms with E-state index in [0.29, 0.717) is 91.2 Å². The van der Waals surface area contributed by atoms with E-state index in [1.54, 1.807) is 12.1 Å².